The van der Waals surface area contributed by atoms with Crippen molar-refractivity contribution in [3.05, 3.63) is 53.6 Å². The van der Waals surface area contributed by atoms with Gasteiger partial charge in [0.1, 0.15) is 0 Å². The monoisotopic (exact) mass is 420 g/mol. The Hall–Kier alpha value is -2.62. The first-order chi connectivity index (χ1) is 14.0. The summed E-state index contributed by atoms with van der Waals surface area (Å²) in [6.45, 7) is 1.78. The van der Waals surface area contributed by atoms with Crippen LogP contribution >= 0.6 is 0 Å². The van der Waals surface area contributed by atoms with Crippen molar-refractivity contribution in [2.24, 2.45) is 0 Å². The highest BCUT2D eigenvalue weighted by Gasteiger charge is 2.26. The van der Waals surface area contributed by atoms with Crippen molar-refractivity contribution < 1.29 is 27.4 Å². The highest BCUT2D eigenvalue weighted by molar-refractivity contribution is 7.89. The Morgan fingerprint density at radius 2 is 1.69 bits per heavy atom. The zero-order chi connectivity index (χ0) is 20.9. The summed E-state index contributed by atoms with van der Waals surface area (Å²) in [6.07, 6.45) is 0. The van der Waals surface area contributed by atoms with Gasteiger partial charge in [-0.2, -0.15) is 4.31 Å². The van der Waals surface area contributed by atoms with Crippen molar-refractivity contribution in [1.82, 2.24) is 9.62 Å². The lowest BCUT2D eigenvalue weighted by Crippen LogP contribution is -2.40. The number of benzene rings is 2. The summed E-state index contributed by atoms with van der Waals surface area (Å²) in [5.41, 5.74) is 1.23. The van der Waals surface area contributed by atoms with Gasteiger partial charge in [0.25, 0.3) is 5.91 Å². The molecule has 0 spiro atoms. The smallest absolute Gasteiger partial charge is 0.251 e. The molecule has 0 aliphatic carbocycles. The van der Waals surface area contributed by atoms with Gasteiger partial charge in [-0.1, -0.05) is 12.1 Å². The van der Waals surface area contributed by atoms with Gasteiger partial charge < -0.3 is 19.5 Å². The molecule has 1 N–H and O–H groups in total. The van der Waals surface area contributed by atoms with Gasteiger partial charge in [-0.25, -0.2) is 8.42 Å². The van der Waals surface area contributed by atoms with E-state index in [0.717, 1.165) is 5.56 Å². The Kier molecular flexibility index (Phi) is 6.73. The lowest BCUT2D eigenvalue weighted by molar-refractivity contribution is 0.0730. The molecule has 8 nitrogen and oxygen atoms in total. The van der Waals surface area contributed by atoms with Gasteiger partial charge in [0.15, 0.2) is 11.5 Å². The van der Waals surface area contributed by atoms with Gasteiger partial charge in [0.05, 0.1) is 32.3 Å². The van der Waals surface area contributed by atoms with Crippen LogP contribution in [-0.2, 0) is 21.3 Å². The van der Waals surface area contributed by atoms with E-state index >= 15 is 0 Å². The van der Waals surface area contributed by atoms with Crippen LogP contribution in [0.2, 0.25) is 0 Å². The number of morpholine rings is 1. The van der Waals surface area contributed by atoms with Gasteiger partial charge >= 0.3 is 0 Å². The molecule has 156 valence electrons. The average Bonchev–Trinajstić information content (AvgIpc) is 2.77. The molecule has 0 unspecified atom stereocenters. The largest absolute Gasteiger partial charge is 0.493 e. The van der Waals surface area contributed by atoms with E-state index in [4.69, 9.17) is 14.2 Å². The molecule has 0 aromatic heterocycles. The number of sulfonamides is 1. The third-order valence-electron chi connectivity index (χ3n) is 4.63. The fourth-order valence-electron chi connectivity index (χ4n) is 2.98. The van der Waals surface area contributed by atoms with Crippen LogP contribution in [0.1, 0.15) is 15.9 Å². The molecule has 1 saturated heterocycles. The normalized spacial score (nSPS) is 15.0. The molecule has 2 aromatic rings. The minimum absolute atomic E-state index is 0.231. The summed E-state index contributed by atoms with van der Waals surface area (Å²) in [6, 6.07) is 11.4. The predicted octanol–water partition coefficient (Wildman–Crippen LogP) is 1.65. The summed E-state index contributed by atoms with van der Waals surface area (Å²) in [5.74, 6) is 0.745. The summed E-state index contributed by atoms with van der Waals surface area (Å²) >= 11 is 0. The second-order valence-electron chi connectivity index (χ2n) is 6.41. The molecule has 29 heavy (non-hydrogen) atoms. The van der Waals surface area contributed by atoms with E-state index in [1.165, 1.54) is 18.5 Å². The minimum Gasteiger partial charge on any atom is -0.493 e. The highest BCUT2D eigenvalue weighted by Crippen LogP contribution is 2.27. The van der Waals surface area contributed by atoms with Gasteiger partial charge in [-0.15, -0.1) is 0 Å². The number of amides is 1. The van der Waals surface area contributed by atoms with E-state index < -0.39 is 10.0 Å². The Morgan fingerprint density at radius 3 is 2.31 bits per heavy atom. The van der Waals surface area contributed by atoms with E-state index in [9.17, 15) is 13.2 Å². The Bertz CT molecular complexity index is 953. The van der Waals surface area contributed by atoms with Gasteiger partial charge in [-0.05, 0) is 35.9 Å². The molecule has 1 aliphatic rings. The zero-order valence-corrected chi connectivity index (χ0v) is 17.2. The van der Waals surface area contributed by atoms with E-state index in [0.29, 0.717) is 43.4 Å². The second kappa shape index (κ2) is 9.25. The van der Waals surface area contributed by atoms with Crippen molar-refractivity contribution in [3.63, 3.8) is 0 Å². The number of rotatable bonds is 7. The Labute approximate surface area is 170 Å². The topological polar surface area (TPSA) is 94.2 Å². The number of nitrogens with zero attached hydrogens (tertiary/aromatic N) is 1. The van der Waals surface area contributed by atoms with Gasteiger partial charge in [0.2, 0.25) is 10.0 Å². The number of hydrogen-bond donors (Lipinski definition) is 1. The lowest BCUT2D eigenvalue weighted by Gasteiger charge is -2.26. The standard InChI is InChI=1S/C20H24N2O6S/c1-26-18-8-5-16(13-19(18)27-2)20(23)21-14-15-3-6-17(7-4-15)29(24,25)22-9-11-28-12-10-22/h3-8,13H,9-12,14H2,1-2H3,(H,21,23). The lowest BCUT2D eigenvalue weighted by atomic mass is 10.1. The number of carbonyl (C=O) groups is 1. The van der Waals surface area contributed by atoms with Gasteiger partial charge in [0, 0.05) is 25.2 Å². The van der Waals surface area contributed by atoms with E-state index in [-0.39, 0.29) is 17.3 Å². The van der Waals surface area contributed by atoms with E-state index in [1.54, 1.807) is 42.5 Å². The maximum Gasteiger partial charge on any atom is 0.251 e. The number of carbonyl (C=O) groups excluding carboxylic acids is 1. The van der Waals surface area contributed by atoms with Crippen LogP contribution in [0.5, 0.6) is 11.5 Å². The van der Waals surface area contributed by atoms with E-state index in [2.05, 4.69) is 5.32 Å². The van der Waals surface area contributed by atoms with Crippen molar-refractivity contribution >= 4 is 15.9 Å². The maximum atomic E-state index is 12.6. The first-order valence-corrected chi connectivity index (χ1v) is 10.6. The van der Waals surface area contributed by atoms with Crippen LogP contribution in [0.4, 0.5) is 0 Å². The molecular weight excluding hydrogens is 396 g/mol. The maximum absolute atomic E-state index is 12.6. The molecule has 2 aromatic carbocycles. The van der Waals surface area contributed by atoms with Crippen LogP contribution in [0, 0.1) is 0 Å². The third-order valence-corrected chi connectivity index (χ3v) is 6.54. The zero-order valence-electron chi connectivity index (χ0n) is 16.4. The predicted molar refractivity (Wildman–Crippen MR) is 107 cm³/mol. The summed E-state index contributed by atoms with van der Waals surface area (Å²) in [4.78, 5) is 12.6. The molecule has 3 rings (SSSR count). The molecule has 0 radical (unpaired) electrons. The first-order valence-electron chi connectivity index (χ1n) is 9.13. The van der Waals surface area contributed by atoms with Crippen molar-refractivity contribution in [2.75, 3.05) is 40.5 Å². The molecule has 1 heterocycles. The molecule has 0 atom stereocenters. The molecule has 1 fully saturated rings. The molecule has 1 aliphatic heterocycles. The minimum atomic E-state index is -3.53. The van der Waals surface area contributed by atoms with Crippen LogP contribution in [0.3, 0.4) is 0 Å². The number of methoxy groups -OCH3 is 2. The fraction of sp³-hybridized carbons (Fsp3) is 0.350. The van der Waals surface area contributed by atoms with Crippen LogP contribution in [0.15, 0.2) is 47.4 Å². The van der Waals surface area contributed by atoms with Crippen LogP contribution in [-0.4, -0.2) is 59.2 Å². The number of hydrogen-bond acceptors (Lipinski definition) is 6. The average molecular weight is 420 g/mol. The molecule has 1 amide bonds. The van der Waals surface area contributed by atoms with Crippen molar-refractivity contribution in [1.29, 1.82) is 0 Å². The number of ether oxygens (including phenoxy) is 3. The van der Waals surface area contributed by atoms with Crippen LogP contribution in [0.25, 0.3) is 0 Å². The molecule has 0 saturated carbocycles. The molecule has 9 heteroatoms. The summed E-state index contributed by atoms with van der Waals surface area (Å²) < 4.78 is 42.3. The fourth-order valence-corrected chi connectivity index (χ4v) is 4.39. The van der Waals surface area contributed by atoms with Gasteiger partial charge in [-0.3, -0.25) is 4.79 Å². The third kappa shape index (κ3) is 4.87. The Balaban J connectivity index is 1.63. The van der Waals surface area contributed by atoms with Crippen molar-refractivity contribution in [2.45, 2.75) is 11.4 Å². The van der Waals surface area contributed by atoms with Crippen molar-refractivity contribution in [3.8, 4) is 11.5 Å². The Morgan fingerprint density at radius 1 is 1.03 bits per heavy atom. The molecule has 0 bridgehead atoms. The quantitative estimate of drug-likeness (QED) is 0.732. The SMILES string of the molecule is COc1ccc(C(=O)NCc2ccc(S(=O)(=O)N3CCOCC3)cc2)cc1OC. The summed E-state index contributed by atoms with van der Waals surface area (Å²) in [7, 11) is -0.493. The van der Waals surface area contributed by atoms with Crippen LogP contribution < -0.4 is 14.8 Å². The first kappa shape index (κ1) is 21.1. The highest BCUT2D eigenvalue weighted by atomic mass is 32.2. The number of nitrogens with one attached hydrogen (secondary N) is 1. The van der Waals surface area contributed by atoms with E-state index in [1.807, 2.05) is 0 Å². The summed E-state index contributed by atoms with van der Waals surface area (Å²) in [5, 5.41) is 2.81. The second-order valence-corrected chi connectivity index (χ2v) is 8.35. The molecular formula is C20H24N2O6S.